The molecule has 9 heteroatoms. The minimum Gasteiger partial charge on any atom is -0.302 e. The molecule has 0 aliphatic rings. The van der Waals surface area contributed by atoms with E-state index in [1.54, 1.807) is 0 Å². The van der Waals surface area contributed by atoms with E-state index >= 15 is 0 Å². The zero-order chi connectivity index (χ0) is 24.2. The summed E-state index contributed by atoms with van der Waals surface area (Å²) in [6.07, 6.45) is 2.23. The fraction of sp³-hybridized carbons (Fsp3) is 1.00. The average Bonchev–Trinajstić information content (AvgIpc) is 2.26. The zero-order valence-corrected chi connectivity index (χ0v) is 22.1. The van der Waals surface area contributed by atoms with E-state index in [1.165, 1.54) is 0 Å². The summed E-state index contributed by atoms with van der Waals surface area (Å²) in [4.78, 5) is 2.35. The molecule has 0 rings (SSSR count). The van der Waals surface area contributed by atoms with Gasteiger partial charge in [-0.2, -0.15) is 16.8 Å². The molecule has 0 saturated carbocycles. The summed E-state index contributed by atoms with van der Waals surface area (Å²) in [6, 6.07) is 0. The molecule has 182 valence electrons. The quantitative estimate of drug-likeness (QED) is 0.362. The van der Waals surface area contributed by atoms with Crippen molar-refractivity contribution in [2.75, 3.05) is 31.1 Å². The number of hydrogen-bond donors (Lipinski definition) is 2. The maximum atomic E-state index is 11.4. The van der Waals surface area contributed by atoms with Gasteiger partial charge in [-0.1, -0.05) is 62.3 Å². The van der Waals surface area contributed by atoms with Crippen LogP contribution in [0.5, 0.6) is 0 Å². The summed E-state index contributed by atoms with van der Waals surface area (Å²) in [5.41, 5.74) is -1.46. The SMILES string of the molecule is CCCN(CC(C)(C)CC(C)(C)CS(=O)(=O)O)CC(C)(C)CC(C)(C)CS(=O)(=O)O. The van der Waals surface area contributed by atoms with Crippen LogP contribution in [0.4, 0.5) is 0 Å². The molecule has 0 atom stereocenters. The summed E-state index contributed by atoms with van der Waals surface area (Å²) in [5, 5.41) is 0. The maximum absolute atomic E-state index is 11.4. The van der Waals surface area contributed by atoms with Crippen molar-refractivity contribution in [2.24, 2.45) is 21.7 Å². The van der Waals surface area contributed by atoms with Crippen molar-refractivity contribution in [1.29, 1.82) is 0 Å². The van der Waals surface area contributed by atoms with Crippen LogP contribution in [0, 0.1) is 21.7 Å². The number of nitrogens with zero attached hydrogens (tertiary/aromatic N) is 1. The van der Waals surface area contributed by atoms with Gasteiger partial charge in [0.05, 0.1) is 11.5 Å². The Bertz CT molecular complexity index is 690. The molecular formula is C21H45NO6S2. The van der Waals surface area contributed by atoms with Gasteiger partial charge in [0.15, 0.2) is 0 Å². The second-order valence-corrected chi connectivity index (χ2v) is 15.1. The lowest BCUT2D eigenvalue weighted by atomic mass is 9.74. The van der Waals surface area contributed by atoms with E-state index < -0.39 is 31.1 Å². The Morgan fingerprint density at radius 2 is 0.933 bits per heavy atom. The van der Waals surface area contributed by atoms with Crippen LogP contribution in [0.1, 0.15) is 81.6 Å². The van der Waals surface area contributed by atoms with E-state index in [0.29, 0.717) is 12.8 Å². The highest BCUT2D eigenvalue weighted by molar-refractivity contribution is 7.86. The molecule has 0 aliphatic heterocycles. The van der Waals surface area contributed by atoms with E-state index in [9.17, 15) is 25.9 Å². The van der Waals surface area contributed by atoms with E-state index in [-0.39, 0.29) is 22.3 Å². The summed E-state index contributed by atoms with van der Waals surface area (Å²) < 4.78 is 64.0. The highest BCUT2D eigenvalue weighted by Gasteiger charge is 2.36. The summed E-state index contributed by atoms with van der Waals surface area (Å²) in [7, 11) is -8.08. The van der Waals surface area contributed by atoms with Crippen LogP contribution >= 0.6 is 0 Å². The first-order chi connectivity index (χ1) is 13.0. The monoisotopic (exact) mass is 471 g/mol. The Hall–Kier alpha value is -0.220. The molecule has 0 aliphatic carbocycles. The third kappa shape index (κ3) is 14.7. The molecule has 7 nitrogen and oxygen atoms in total. The van der Waals surface area contributed by atoms with Crippen molar-refractivity contribution in [2.45, 2.75) is 81.6 Å². The zero-order valence-electron chi connectivity index (χ0n) is 20.4. The molecule has 0 bridgehead atoms. The van der Waals surface area contributed by atoms with Gasteiger partial charge in [0, 0.05) is 13.1 Å². The first-order valence-electron chi connectivity index (χ1n) is 10.6. The molecular weight excluding hydrogens is 426 g/mol. The van der Waals surface area contributed by atoms with E-state index in [0.717, 1.165) is 26.1 Å². The standard InChI is InChI=1S/C21H45NO6S2/c1-10-11-22(14-18(2,3)12-20(6,7)16-29(23,24)25)15-19(4,5)13-21(8,9)17-30(26,27)28/h10-17H2,1-9H3,(H,23,24,25)(H,26,27,28). The predicted molar refractivity (Wildman–Crippen MR) is 124 cm³/mol. The topological polar surface area (TPSA) is 112 Å². The molecule has 0 amide bonds. The molecule has 0 unspecified atom stereocenters. The second kappa shape index (κ2) is 10.1. The van der Waals surface area contributed by atoms with Crippen LogP contribution in [0.3, 0.4) is 0 Å². The third-order valence-corrected chi connectivity index (χ3v) is 7.20. The van der Waals surface area contributed by atoms with Crippen molar-refractivity contribution in [1.82, 2.24) is 4.90 Å². The Balaban J connectivity index is 5.31. The fourth-order valence-corrected chi connectivity index (χ4v) is 7.71. The summed E-state index contributed by atoms with van der Waals surface area (Å²) in [5.74, 6) is -0.543. The van der Waals surface area contributed by atoms with Crippen LogP contribution < -0.4 is 0 Å². The molecule has 30 heavy (non-hydrogen) atoms. The molecule has 0 radical (unpaired) electrons. The van der Waals surface area contributed by atoms with Gasteiger partial charge in [0.2, 0.25) is 0 Å². The predicted octanol–water partition coefficient (Wildman–Crippen LogP) is 4.36. The molecule has 2 N–H and O–H groups in total. The van der Waals surface area contributed by atoms with Gasteiger partial charge in [-0.15, -0.1) is 0 Å². The molecule has 0 aromatic heterocycles. The van der Waals surface area contributed by atoms with Crippen LogP contribution in [-0.4, -0.2) is 62.0 Å². The Kier molecular flexibility index (Phi) is 10.1. The number of rotatable bonds is 14. The van der Waals surface area contributed by atoms with Crippen molar-refractivity contribution in [3.8, 4) is 0 Å². The first-order valence-corrected chi connectivity index (χ1v) is 13.8. The van der Waals surface area contributed by atoms with Crippen molar-refractivity contribution in [3.63, 3.8) is 0 Å². The Morgan fingerprint density at radius 3 is 1.17 bits per heavy atom. The van der Waals surface area contributed by atoms with Gasteiger partial charge >= 0.3 is 0 Å². The highest BCUT2D eigenvalue weighted by Crippen LogP contribution is 2.38. The van der Waals surface area contributed by atoms with Crippen molar-refractivity contribution in [3.05, 3.63) is 0 Å². The van der Waals surface area contributed by atoms with Gasteiger partial charge in [-0.3, -0.25) is 9.11 Å². The normalized spacial score (nSPS) is 15.1. The fourth-order valence-electron chi connectivity index (χ4n) is 5.53. The van der Waals surface area contributed by atoms with Crippen molar-refractivity contribution < 1.29 is 25.9 Å². The number of hydrogen-bond acceptors (Lipinski definition) is 5. The van der Waals surface area contributed by atoms with Crippen LogP contribution in [0.15, 0.2) is 0 Å². The maximum Gasteiger partial charge on any atom is 0.265 e. The smallest absolute Gasteiger partial charge is 0.265 e. The molecule has 0 spiro atoms. The highest BCUT2D eigenvalue weighted by atomic mass is 32.2. The van der Waals surface area contributed by atoms with Crippen LogP contribution in [0.25, 0.3) is 0 Å². The van der Waals surface area contributed by atoms with Crippen LogP contribution in [-0.2, 0) is 20.2 Å². The second-order valence-electron chi connectivity index (χ2n) is 12.2. The largest absolute Gasteiger partial charge is 0.302 e. The molecule has 0 aromatic carbocycles. The van der Waals surface area contributed by atoms with E-state index in [2.05, 4.69) is 39.5 Å². The Morgan fingerprint density at radius 1 is 0.633 bits per heavy atom. The molecule has 0 fully saturated rings. The van der Waals surface area contributed by atoms with Gasteiger partial charge in [0.25, 0.3) is 20.2 Å². The van der Waals surface area contributed by atoms with E-state index in [1.807, 2.05) is 27.7 Å². The van der Waals surface area contributed by atoms with Crippen molar-refractivity contribution >= 4 is 20.2 Å². The van der Waals surface area contributed by atoms with Gasteiger partial charge in [-0.25, -0.2) is 0 Å². The average molecular weight is 472 g/mol. The van der Waals surface area contributed by atoms with Gasteiger partial charge in [-0.05, 0) is 47.5 Å². The summed E-state index contributed by atoms with van der Waals surface area (Å²) >= 11 is 0. The molecule has 0 heterocycles. The van der Waals surface area contributed by atoms with E-state index in [4.69, 9.17) is 0 Å². The summed E-state index contributed by atoms with van der Waals surface area (Å²) in [6.45, 7) is 20.4. The molecule has 0 saturated heterocycles. The lowest BCUT2D eigenvalue weighted by Crippen LogP contribution is -2.44. The van der Waals surface area contributed by atoms with Gasteiger partial charge < -0.3 is 4.90 Å². The lowest BCUT2D eigenvalue weighted by molar-refractivity contribution is 0.0800. The lowest BCUT2D eigenvalue weighted by Gasteiger charge is -2.42. The minimum atomic E-state index is -4.04. The Labute approximate surface area is 185 Å². The van der Waals surface area contributed by atoms with Crippen LogP contribution in [0.2, 0.25) is 0 Å². The van der Waals surface area contributed by atoms with Gasteiger partial charge in [0.1, 0.15) is 0 Å². The third-order valence-electron chi connectivity index (χ3n) is 4.90. The minimum absolute atomic E-state index is 0.177. The molecule has 0 aromatic rings. The first kappa shape index (κ1) is 29.8.